The van der Waals surface area contributed by atoms with Gasteiger partial charge in [-0.25, -0.2) is 9.18 Å². The number of nitrogens with zero attached hydrogens (tertiary/aromatic N) is 3. The van der Waals surface area contributed by atoms with Crippen LogP contribution in [0, 0.1) is 5.82 Å². The summed E-state index contributed by atoms with van der Waals surface area (Å²) >= 11 is 0. The minimum absolute atomic E-state index is 0.0323. The minimum Gasteiger partial charge on any atom is -0.339 e. The molecule has 1 aromatic heterocycles. The fourth-order valence-electron chi connectivity index (χ4n) is 3.23. The van der Waals surface area contributed by atoms with Gasteiger partial charge in [0.2, 0.25) is 11.7 Å². The van der Waals surface area contributed by atoms with Gasteiger partial charge in [-0.15, -0.1) is 0 Å². The fraction of sp³-hybridized carbons (Fsp3) is 0.250. The van der Waals surface area contributed by atoms with Gasteiger partial charge < -0.3 is 14.7 Å². The van der Waals surface area contributed by atoms with Crippen LogP contribution in [0.5, 0.6) is 0 Å². The molecule has 27 heavy (non-hydrogen) atoms. The number of hydrogen-bond acceptors (Lipinski definition) is 4. The van der Waals surface area contributed by atoms with Gasteiger partial charge in [0.15, 0.2) is 0 Å². The maximum absolute atomic E-state index is 13.8. The molecule has 0 radical (unpaired) electrons. The molecule has 0 spiro atoms. The summed E-state index contributed by atoms with van der Waals surface area (Å²) in [5.41, 5.74) is 1.06. The van der Waals surface area contributed by atoms with E-state index < -0.39 is 5.82 Å². The number of aromatic nitrogens is 2. The van der Waals surface area contributed by atoms with Crippen LogP contribution in [-0.4, -0.2) is 34.2 Å². The molecule has 0 unspecified atom stereocenters. The molecule has 1 atom stereocenters. The summed E-state index contributed by atoms with van der Waals surface area (Å²) in [6.45, 7) is 1.06. The number of urea groups is 1. The predicted octanol–water partition coefficient (Wildman–Crippen LogP) is 4.29. The molecule has 4 rings (SSSR count). The van der Waals surface area contributed by atoms with Crippen molar-refractivity contribution in [3.8, 4) is 11.4 Å². The molecule has 2 heterocycles. The SMILES string of the molecule is O=C(Nc1ccccc1F)N1CCC[C@H](c2nc(-c3ccccc3)no2)C1. The van der Waals surface area contributed by atoms with E-state index in [-0.39, 0.29) is 17.6 Å². The van der Waals surface area contributed by atoms with E-state index in [0.29, 0.717) is 24.8 Å². The number of para-hydroxylation sites is 1. The normalized spacial score (nSPS) is 16.9. The van der Waals surface area contributed by atoms with Crippen molar-refractivity contribution in [1.82, 2.24) is 15.0 Å². The summed E-state index contributed by atoms with van der Waals surface area (Å²) < 4.78 is 19.2. The van der Waals surface area contributed by atoms with Crippen molar-refractivity contribution in [2.45, 2.75) is 18.8 Å². The lowest BCUT2D eigenvalue weighted by atomic mass is 9.98. The average Bonchev–Trinajstić information content (AvgIpc) is 3.21. The van der Waals surface area contributed by atoms with Crippen LogP contribution in [0.15, 0.2) is 59.1 Å². The number of hydrogen-bond donors (Lipinski definition) is 1. The van der Waals surface area contributed by atoms with Crippen LogP contribution in [0.4, 0.5) is 14.9 Å². The van der Waals surface area contributed by atoms with Gasteiger partial charge in [-0.05, 0) is 25.0 Å². The Labute approximate surface area is 156 Å². The van der Waals surface area contributed by atoms with Crippen LogP contribution in [-0.2, 0) is 0 Å². The molecule has 7 heteroatoms. The van der Waals surface area contributed by atoms with Gasteiger partial charge in [0.1, 0.15) is 5.82 Å². The molecule has 2 aromatic carbocycles. The number of carbonyl (C=O) groups excluding carboxylic acids is 1. The molecule has 1 N–H and O–H groups in total. The quantitative estimate of drug-likeness (QED) is 0.751. The number of anilines is 1. The van der Waals surface area contributed by atoms with Crippen LogP contribution in [0.25, 0.3) is 11.4 Å². The second-order valence-corrected chi connectivity index (χ2v) is 6.52. The molecule has 2 amide bonds. The number of halogens is 1. The Morgan fingerprint density at radius 1 is 1.15 bits per heavy atom. The van der Waals surface area contributed by atoms with Crippen LogP contribution >= 0.6 is 0 Å². The number of nitrogens with one attached hydrogen (secondary N) is 1. The molecule has 3 aromatic rings. The first-order valence-electron chi connectivity index (χ1n) is 8.90. The lowest BCUT2D eigenvalue weighted by Gasteiger charge is -2.31. The van der Waals surface area contributed by atoms with E-state index in [1.807, 2.05) is 30.3 Å². The van der Waals surface area contributed by atoms with E-state index >= 15 is 0 Å². The fourth-order valence-corrected chi connectivity index (χ4v) is 3.23. The second-order valence-electron chi connectivity index (χ2n) is 6.52. The Morgan fingerprint density at radius 2 is 1.93 bits per heavy atom. The van der Waals surface area contributed by atoms with Crippen molar-refractivity contribution in [2.75, 3.05) is 18.4 Å². The van der Waals surface area contributed by atoms with Gasteiger partial charge in [-0.1, -0.05) is 47.6 Å². The topological polar surface area (TPSA) is 71.3 Å². The van der Waals surface area contributed by atoms with Crippen molar-refractivity contribution >= 4 is 11.7 Å². The van der Waals surface area contributed by atoms with Gasteiger partial charge in [0.05, 0.1) is 11.6 Å². The smallest absolute Gasteiger partial charge is 0.321 e. The first kappa shape index (κ1) is 17.2. The largest absolute Gasteiger partial charge is 0.339 e. The first-order valence-corrected chi connectivity index (χ1v) is 8.90. The molecule has 1 fully saturated rings. The highest BCUT2D eigenvalue weighted by Gasteiger charge is 2.29. The molecule has 6 nitrogen and oxygen atoms in total. The van der Waals surface area contributed by atoms with Crippen molar-refractivity contribution in [2.24, 2.45) is 0 Å². The maximum Gasteiger partial charge on any atom is 0.321 e. The van der Waals surface area contributed by atoms with E-state index in [2.05, 4.69) is 15.5 Å². The molecule has 0 aliphatic carbocycles. The number of benzene rings is 2. The molecular weight excluding hydrogens is 347 g/mol. The zero-order valence-electron chi connectivity index (χ0n) is 14.6. The number of likely N-dealkylation sites (tertiary alicyclic amines) is 1. The van der Waals surface area contributed by atoms with Crippen molar-refractivity contribution in [1.29, 1.82) is 0 Å². The summed E-state index contributed by atoms with van der Waals surface area (Å²) in [4.78, 5) is 18.7. The standard InChI is InChI=1S/C20H19FN4O2/c21-16-10-4-5-11-17(16)22-20(26)25-12-6-9-15(13-25)19-23-18(24-27-19)14-7-2-1-3-8-14/h1-5,7-8,10-11,15H,6,9,12-13H2,(H,22,26)/t15-/m0/s1. The summed E-state index contributed by atoms with van der Waals surface area (Å²) in [6.07, 6.45) is 1.68. The highest BCUT2D eigenvalue weighted by Crippen LogP contribution is 2.28. The molecule has 138 valence electrons. The Kier molecular flexibility index (Phi) is 4.82. The summed E-state index contributed by atoms with van der Waals surface area (Å²) in [6, 6.07) is 15.4. The molecule has 1 saturated heterocycles. The number of piperidine rings is 1. The number of amides is 2. The lowest BCUT2D eigenvalue weighted by Crippen LogP contribution is -2.41. The van der Waals surface area contributed by atoms with Gasteiger partial charge in [-0.2, -0.15) is 4.98 Å². The van der Waals surface area contributed by atoms with E-state index in [4.69, 9.17) is 4.52 Å². The Balaban J connectivity index is 1.45. The highest BCUT2D eigenvalue weighted by atomic mass is 19.1. The highest BCUT2D eigenvalue weighted by molar-refractivity contribution is 5.89. The number of rotatable bonds is 3. The molecule has 1 aliphatic heterocycles. The Morgan fingerprint density at radius 3 is 2.74 bits per heavy atom. The maximum atomic E-state index is 13.8. The van der Waals surface area contributed by atoms with E-state index in [0.717, 1.165) is 18.4 Å². The third-order valence-corrected chi connectivity index (χ3v) is 4.65. The van der Waals surface area contributed by atoms with Gasteiger partial charge in [0.25, 0.3) is 0 Å². The predicted molar refractivity (Wildman–Crippen MR) is 98.7 cm³/mol. The van der Waals surface area contributed by atoms with Crippen molar-refractivity contribution < 1.29 is 13.7 Å². The summed E-state index contributed by atoms with van der Waals surface area (Å²) in [7, 11) is 0. The van der Waals surface area contributed by atoms with Crippen LogP contribution < -0.4 is 5.32 Å². The van der Waals surface area contributed by atoms with Gasteiger partial charge >= 0.3 is 6.03 Å². The third kappa shape index (κ3) is 3.81. The minimum atomic E-state index is -0.455. The summed E-state index contributed by atoms with van der Waals surface area (Å²) in [5, 5.41) is 6.68. The average molecular weight is 366 g/mol. The zero-order chi connectivity index (χ0) is 18.6. The van der Waals surface area contributed by atoms with E-state index in [1.165, 1.54) is 6.07 Å². The van der Waals surface area contributed by atoms with Crippen LogP contribution in [0.1, 0.15) is 24.7 Å². The number of carbonyl (C=O) groups is 1. The molecular formula is C20H19FN4O2. The Hall–Kier alpha value is -3.22. The third-order valence-electron chi connectivity index (χ3n) is 4.65. The second kappa shape index (κ2) is 7.57. The first-order chi connectivity index (χ1) is 13.2. The van der Waals surface area contributed by atoms with E-state index in [9.17, 15) is 9.18 Å². The summed E-state index contributed by atoms with van der Waals surface area (Å²) in [5.74, 6) is 0.578. The molecule has 0 saturated carbocycles. The van der Waals surface area contributed by atoms with Gasteiger partial charge in [0, 0.05) is 18.7 Å². The van der Waals surface area contributed by atoms with E-state index in [1.54, 1.807) is 23.1 Å². The van der Waals surface area contributed by atoms with Gasteiger partial charge in [-0.3, -0.25) is 0 Å². The van der Waals surface area contributed by atoms with Crippen LogP contribution in [0.2, 0.25) is 0 Å². The zero-order valence-corrected chi connectivity index (χ0v) is 14.6. The van der Waals surface area contributed by atoms with Crippen LogP contribution in [0.3, 0.4) is 0 Å². The molecule has 0 bridgehead atoms. The monoisotopic (exact) mass is 366 g/mol. The van der Waals surface area contributed by atoms with Crippen molar-refractivity contribution in [3.05, 3.63) is 66.3 Å². The molecule has 1 aliphatic rings. The van der Waals surface area contributed by atoms with Crippen molar-refractivity contribution in [3.63, 3.8) is 0 Å². The lowest BCUT2D eigenvalue weighted by molar-refractivity contribution is 0.184. The Bertz CT molecular complexity index is 928.